The molecular weight excluding hydrogens is 330 g/mol. The number of nitrogens with zero attached hydrogens (tertiary/aromatic N) is 2. The summed E-state index contributed by atoms with van der Waals surface area (Å²) in [6.45, 7) is 1.93. The molecule has 3 aromatic rings. The molecule has 0 radical (unpaired) electrons. The topological polar surface area (TPSA) is 67.5 Å². The van der Waals surface area contributed by atoms with E-state index in [2.05, 4.69) is 9.97 Å². The summed E-state index contributed by atoms with van der Waals surface area (Å²) in [5.74, 6) is 1.57. The first-order valence-corrected chi connectivity index (χ1v) is 8.96. The van der Waals surface area contributed by atoms with Gasteiger partial charge in [-0.1, -0.05) is 6.07 Å². The Bertz CT molecular complexity index is 989. The van der Waals surface area contributed by atoms with Gasteiger partial charge in [0.05, 0.1) is 11.0 Å². The Morgan fingerprint density at radius 1 is 1.00 bits per heavy atom. The largest absolute Gasteiger partial charge is 0.454 e. The van der Waals surface area contributed by atoms with E-state index < -0.39 is 0 Å². The second-order valence-corrected chi connectivity index (χ2v) is 6.76. The normalized spacial score (nSPS) is 16.2. The number of aromatic nitrogens is 2. The van der Waals surface area contributed by atoms with Gasteiger partial charge in [0.2, 0.25) is 6.79 Å². The van der Waals surface area contributed by atoms with Crippen molar-refractivity contribution in [1.82, 2.24) is 14.9 Å². The zero-order chi connectivity index (χ0) is 17.5. The monoisotopic (exact) mass is 349 g/mol. The van der Waals surface area contributed by atoms with Crippen LogP contribution in [0.5, 0.6) is 11.5 Å². The van der Waals surface area contributed by atoms with E-state index in [1.54, 1.807) is 0 Å². The van der Waals surface area contributed by atoms with Crippen LogP contribution in [-0.4, -0.2) is 40.7 Å². The van der Waals surface area contributed by atoms with Gasteiger partial charge >= 0.3 is 0 Å². The molecule has 1 saturated heterocycles. The Kier molecular flexibility index (Phi) is 3.55. The maximum absolute atomic E-state index is 12.7. The van der Waals surface area contributed by atoms with Crippen LogP contribution in [0.1, 0.15) is 29.8 Å². The first-order valence-electron chi connectivity index (χ1n) is 8.96. The summed E-state index contributed by atoms with van der Waals surface area (Å²) >= 11 is 0. The molecule has 1 N–H and O–H groups in total. The zero-order valence-corrected chi connectivity index (χ0v) is 14.3. The average Bonchev–Trinajstić information content (AvgIpc) is 3.33. The molecular formula is C20H19N3O3. The van der Waals surface area contributed by atoms with Gasteiger partial charge in [-0.25, -0.2) is 0 Å². The Labute approximate surface area is 150 Å². The van der Waals surface area contributed by atoms with Gasteiger partial charge in [-0.2, -0.15) is 0 Å². The number of carbonyl (C=O) groups is 1. The third-order valence-electron chi connectivity index (χ3n) is 5.05. The zero-order valence-electron chi connectivity index (χ0n) is 14.3. The minimum Gasteiger partial charge on any atom is -0.454 e. The lowest BCUT2D eigenvalue weighted by Gasteiger charge is -2.26. The second kappa shape index (κ2) is 6.05. The van der Waals surface area contributed by atoms with Gasteiger partial charge in [-0.3, -0.25) is 9.78 Å². The fraction of sp³-hybridized carbons (Fsp3) is 0.300. The fourth-order valence-electron chi connectivity index (χ4n) is 3.62. The maximum atomic E-state index is 12.7. The molecule has 1 aromatic carbocycles. The van der Waals surface area contributed by atoms with E-state index in [1.807, 2.05) is 41.4 Å². The van der Waals surface area contributed by atoms with Crippen LogP contribution < -0.4 is 9.47 Å². The van der Waals surface area contributed by atoms with Crippen molar-refractivity contribution in [2.75, 3.05) is 19.9 Å². The first-order chi connectivity index (χ1) is 12.8. The van der Waals surface area contributed by atoms with Gasteiger partial charge in [0.15, 0.2) is 11.5 Å². The van der Waals surface area contributed by atoms with Gasteiger partial charge < -0.3 is 19.4 Å². The molecule has 0 atom stereocenters. The molecule has 2 aliphatic heterocycles. The number of benzene rings is 1. The van der Waals surface area contributed by atoms with E-state index in [0.29, 0.717) is 5.69 Å². The lowest BCUT2D eigenvalue weighted by molar-refractivity contribution is 0.0719. The third-order valence-corrected chi connectivity index (χ3v) is 5.05. The van der Waals surface area contributed by atoms with Gasteiger partial charge in [-0.05, 0) is 49.1 Å². The molecule has 4 heterocycles. The van der Waals surface area contributed by atoms with Crippen LogP contribution in [0.4, 0.5) is 0 Å². The van der Waals surface area contributed by atoms with Crippen LogP contribution in [0.3, 0.4) is 0 Å². The van der Waals surface area contributed by atoms with Gasteiger partial charge in [0, 0.05) is 24.8 Å². The van der Waals surface area contributed by atoms with Gasteiger partial charge in [0.25, 0.3) is 5.91 Å². The number of nitrogens with one attached hydrogen (secondary N) is 1. The summed E-state index contributed by atoms with van der Waals surface area (Å²) in [5, 5.41) is 0. The van der Waals surface area contributed by atoms with Crippen LogP contribution >= 0.6 is 0 Å². The molecule has 26 heavy (non-hydrogen) atoms. The van der Waals surface area contributed by atoms with E-state index in [-0.39, 0.29) is 12.7 Å². The molecule has 0 saturated carbocycles. The smallest absolute Gasteiger partial charge is 0.270 e. The molecule has 0 aliphatic carbocycles. The van der Waals surface area contributed by atoms with Crippen LogP contribution in [0.25, 0.3) is 22.2 Å². The Morgan fingerprint density at radius 2 is 1.85 bits per heavy atom. The number of rotatable bonds is 2. The highest BCUT2D eigenvalue weighted by atomic mass is 16.7. The van der Waals surface area contributed by atoms with Crippen molar-refractivity contribution in [3.8, 4) is 22.6 Å². The Morgan fingerprint density at radius 3 is 2.73 bits per heavy atom. The molecule has 6 nitrogen and oxygen atoms in total. The molecule has 0 spiro atoms. The fourth-order valence-corrected chi connectivity index (χ4v) is 3.62. The minimum atomic E-state index is 0.0623. The number of carbonyl (C=O) groups excluding carboxylic acids is 1. The number of amides is 1. The predicted octanol–water partition coefficient (Wildman–Crippen LogP) is 3.58. The molecule has 6 heteroatoms. The van der Waals surface area contributed by atoms with Crippen molar-refractivity contribution >= 4 is 16.9 Å². The van der Waals surface area contributed by atoms with Crippen molar-refractivity contribution in [2.45, 2.75) is 19.3 Å². The molecule has 1 amide bonds. The molecule has 2 aliphatic rings. The van der Waals surface area contributed by atoms with Crippen molar-refractivity contribution in [3.05, 3.63) is 42.2 Å². The third kappa shape index (κ3) is 2.58. The number of ether oxygens (including phenoxy) is 2. The predicted molar refractivity (Wildman–Crippen MR) is 97.4 cm³/mol. The van der Waals surface area contributed by atoms with E-state index in [9.17, 15) is 4.79 Å². The number of fused-ring (bicyclic) bond motifs is 2. The Hall–Kier alpha value is -3.02. The standard InChI is InChI=1S/C20H19N3O3/c24-20(23-6-2-1-3-7-23)17-10-15-16(22-17)8-14(11-21-15)13-4-5-18-19(9-13)26-12-25-18/h4-5,8-11,22H,1-3,6-7,12H2. The maximum Gasteiger partial charge on any atom is 0.270 e. The summed E-state index contributed by atoms with van der Waals surface area (Å²) in [7, 11) is 0. The van der Waals surface area contributed by atoms with E-state index in [1.165, 1.54) is 6.42 Å². The summed E-state index contributed by atoms with van der Waals surface area (Å²) in [6, 6.07) is 9.71. The van der Waals surface area contributed by atoms with Gasteiger partial charge in [0.1, 0.15) is 5.69 Å². The van der Waals surface area contributed by atoms with E-state index in [4.69, 9.17) is 9.47 Å². The summed E-state index contributed by atoms with van der Waals surface area (Å²) < 4.78 is 10.8. The highest BCUT2D eigenvalue weighted by Gasteiger charge is 2.20. The number of hydrogen-bond donors (Lipinski definition) is 1. The number of piperidine rings is 1. The molecule has 132 valence electrons. The summed E-state index contributed by atoms with van der Waals surface area (Å²) in [5.41, 5.74) is 4.24. The van der Waals surface area contributed by atoms with Crippen LogP contribution in [0, 0.1) is 0 Å². The molecule has 2 aromatic heterocycles. The number of likely N-dealkylation sites (tertiary alicyclic amines) is 1. The average molecular weight is 349 g/mol. The number of hydrogen-bond acceptors (Lipinski definition) is 4. The molecule has 0 unspecified atom stereocenters. The van der Waals surface area contributed by atoms with Crippen molar-refractivity contribution in [2.24, 2.45) is 0 Å². The molecule has 0 bridgehead atoms. The van der Waals surface area contributed by atoms with Gasteiger partial charge in [-0.15, -0.1) is 0 Å². The highest BCUT2D eigenvalue weighted by Crippen LogP contribution is 2.36. The highest BCUT2D eigenvalue weighted by molar-refractivity contribution is 5.97. The van der Waals surface area contributed by atoms with Crippen LogP contribution in [0.15, 0.2) is 36.5 Å². The van der Waals surface area contributed by atoms with Crippen molar-refractivity contribution < 1.29 is 14.3 Å². The first kappa shape index (κ1) is 15.3. The number of aromatic amines is 1. The lowest BCUT2D eigenvalue weighted by Crippen LogP contribution is -2.35. The summed E-state index contributed by atoms with van der Waals surface area (Å²) in [4.78, 5) is 22.4. The van der Waals surface area contributed by atoms with Crippen LogP contribution in [0.2, 0.25) is 0 Å². The molecule has 5 rings (SSSR count). The lowest BCUT2D eigenvalue weighted by atomic mass is 10.1. The summed E-state index contributed by atoms with van der Waals surface area (Å²) in [6.07, 6.45) is 5.19. The van der Waals surface area contributed by atoms with E-state index >= 15 is 0 Å². The molecule has 1 fully saturated rings. The number of pyridine rings is 1. The minimum absolute atomic E-state index is 0.0623. The quantitative estimate of drug-likeness (QED) is 0.768. The van der Waals surface area contributed by atoms with Crippen molar-refractivity contribution in [1.29, 1.82) is 0 Å². The SMILES string of the molecule is O=C(c1cc2ncc(-c3ccc4c(c3)OCO4)cc2[nH]1)N1CCCCC1. The Balaban J connectivity index is 1.47. The van der Waals surface area contributed by atoms with E-state index in [0.717, 1.165) is 59.6 Å². The van der Waals surface area contributed by atoms with Crippen LogP contribution in [-0.2, 0) is 0 Å². The second-order valence-electron chi connectivity index (χ2n) is 6.76. The number of H-pyrrole nitrogens is 1. The van der Waals surface area contributed by atoms with Crippen molar-refractivity contribution in [3.63, 3.8) is 0 Å².